The minimum Gasteiger partial charge on any atom is -0.370 e. The highest BCUT2D eigenvalue weighted by molar-refractivity contribution is 14.0. The second-order valence-electron chi connectivity index (χ2n) is 6.58. The van der Waals surface area contributed by atoms with Crippen molar-refractivity contribution in [1.29, 1.82) is 0 Å². The molecule has 2 aliphatic rings. The highest BCUT2D eigenvalue weighted by atomic mass is 127. The van der Waals surface area contributed by atoms with Gasteiger partial charge < -0.3 is 16.4 Å². The number of hydrogen-bond acceptors (Lipinski definition) is 3. The van der Waals surface area contributed by atoms with Crippen molar-refractivity contribution in [2.45, 2.75) is 51.5 Å². The van der Waals surface area contributed by atoms with Crippen LogP contribution in [0.2, 0.25) is 0 Å². The Bertz CT molecular complexity index is 461. The maximum absolute atomic E-state index is 12.4. The van der Waals surface area contributed by atoms with Gasteiger partial charge in [-0.05, 0) is 25.2 Å². The first-order chi connectivity index (χ1) is 10.4. The van der Waals surface area contributed by atoms with Gasteiger partial charge in [-0.2, -0.15) is 0 Å². The maximum atomic E-state index is 12.4. The number of hydrogen-bond donors (Lipinski definition) is 3. The smallest absolute Gasteiger partial charge is 0.325 e. The quantitative estimate of drug-likeness (QED) is 0.192. The third-order valence-electron chi connectivity index (χ3n) is 4.19. The van der Waals surface area contributed by atoms with Crippen LogP contribution in [0.25, 0.3) is 0 Å². The molecule has 23 heavy (non-hydrogen) atoms. The van der Waals surface area contributed by atoms with Crippen LogP contribution in [0.4, 0.5) is 4.79 Å². The molecule has 1 heterocycles. The lowest BCUT2D eigenvalue weighted by Gasteiger charge is -2.20. The number of nitrogens with two attached hydrogens (primary N) is 1. The Kier molecular flexibility index (Phi) is 7.56. The van der Waals surface area contributed by atoms with E-state index >= 15 is 0 Å². The Labute approximate surface area is 154 Å². The summed E-state index contributed by atoms with van der Waals surface area (Å²) in [6, 6.07) is -0.256. The summed E-state index contributed by atoms with van der Waals surface area (Å²) in [4.78, 5) is 29.9. The van der Waals surface area contributed by atoms with Gasteiger partial charge in [0.25, 0.3) is 5.91 Å². The average molecular weight is 437 g/mol. The van der Waals surface area contributed by atoms with Gasteiger partial charge in [0.15, 0.2) is 5.96 Å². The Balaban J connectivity index is 0.00000264. The topological polar surface area (TPSA) is 99.8 Å². The number of rotatable bonds is 6. The standard InChI is InChI=1S/C15H27N5O2.HI/c1-11(2)10-18-13(16)17-8-5-9-20-12(21)15(19-14(20)22)6-3-4-7-15;/h11H,3-10H2,1-2H3,(H,19,22)(H3,16,17,18);1H. The third-order valence-corrected chi connectivity index (χ3v) is 4.19. The number of nitrogens with one attached hydrogen (secondary N) is 2. The number of halogens is 1. The molecular weight excluding hydrogens is 409 g/mol. The summed E-state index contributed by atoms with van der Waals surface area (Å²) in [6.45, 7) is 5.85. The first-order valence-corrected chi connectivity index (χ1v) is 8.12. The second-order valence-corrected chi connectivity index (χ2v) is 6.58. The minimum atomic E-state index is -0.609. The van der Waals surface area contributed by atoms with E-state index in [4.69, 9.17) is 5.73 Å². The van der Waals surface area contributed by atoms with Crippen LogP contribution in [-0.2, 0) is 4.79 Å². The highest BCUT2D eigenvalue weighted by Crippen LogP contribution is 2.34. The largest absolute Gasteiger partial charge is 0.370 e. The van der Waals surface area contributed by atoms with Crippen molar-refractivity contribution in [2.75, 3.05) is 19.6 Å². The predicted octanol–water partition coefficient (Wildman–Crippen LogP) is 1.42. The van der Waals surface area contributed by atoms with Gasteiger partial charge >= 0.3 is 6.03 Å². The van der Waals surface area contributed by atoms with Gasteiger partial charge in [0.05, 0.1) is 0 Å². The fraction of sp³-hybridized carbons (Fsp3) is 0.800. The van der Waals surface area contributed by atoms with Crippen molar-refractivity contribution < 1.29 is 9.59 Å². The number of carbonyl (C=O) groups excluding carboxylic acids is 2. The van der Waals surface area contributed by atoms with E-state index < -0.39 is 5.54 Å². The van der Waals surface area contributed by atoms with E-state index in [0.717, 1.165) is 25.7 Å². The van der Waals surface area contributed by atoms with Crippen LogP contribution in [0.3, 0.4) is 0 Å². The first-order valence-electron chi connectivity index (χ1n) is 8.12. The fourth-order valence-corrected chi connectivity index (χ4v) is 2.99. The summed E-state index contributed by atoms with van der Waals surface area (Å²) in [7, 11) is 0. The molecule has 0 aromatic heterocycles. The van der Waals surface area contributed by atoms with Crippen LogP contribution in [0.5, 0.6) is 0 Å². The number of aliphatic imine (C=N–C) groups is 1. The number of guanidine groups is 1. The lowest BCUT2D eigenvalue weighted by molar-refractivity contribution is -0.131. The molecule has 1 saturated carbocycles. The summed E-state index contributed by atoms with van der Waals surface area (Å²) in [6.07, 6.45) is 4.20. The summed E-state index contributed by atoms with van der Waals surface area (Å²) >= 11 is 0. The zero-order valence-corrected chi connectivity index (χ0v) is 16.3. The molecule has 0 bridgehead atoms. The van der Waals surface area contributed by atoms with Crippen LogP contribution >= 0.6 is 24.0 Å². The van der Waals surface area contributed by atoms with Crippen molar-refractivity contribution in [1.82, 2.24) is 15.5 Å². The second kappa shape index (κ2) is 8.70. The summed E-state index contributed by atoms with van der Waals surface area (Å²) < 4.78 is 0. The Hall–Kier alpha value is -1.06. The number of carbonyl (C=O) groups is 2. The van der Waals surface area contributed by atoms with Gasteiger partial charge in [0, 0.05) is 19.6 Å². The molecule has 4 N–H and O–H groups in total. The molecule has 0 unspecified atom stereocenters. The normalized spacial score (nSPS) is 20.1. The molecule has 2 rings (SSSR count). The fourth-order valence-electron chi connectivity index (χ4n) is 2.99. The van der Waals surface area contributed by atoms with Crippen molar-refractivity contribution >= 4 is 41.9 Å². The van der Waals surface area contributed by atoms with Gasteiger partial charge in [-0.15, -0.1) is 24.0 Å². The van der Waals surface area contributed by atoms with E-state index in [1.807, 2.05) is 0 Å². The molecule has 0 radical (unpaired) electrons. The summed E-state index contributed by atoms with van der Waals surface area (Å²) in [5.41, 5.74) is 5.14. The number of nitrogens with zero attached hydrogens (tertiary/aromatic N) is 2. The van der Waals surface area contributed by atoms with E-state index in [9.17, 15) is 9.59 Å². The number of urea groups is 1. The van der Waals surface area contributed by atoms with Crippen LogP contribution in [-0.4, -0.2) is 48.0 Å². The summed E-state index contributed by atoms with van der Waals surface area (Å²) in [5, 5.41) is 5.89. The van der Waals surface area contributed by atoms with Crippen molar-refractivity contribution in [3.8, 4) is 0 Å². The van der Waals surface area contributed by atoms with Crippen LogP contribution in [0.15, 0.2) is 4.99 Å². The van der Waals surface area contributed by atoms with E-state index in [2.05, 4.69) is 29.5 Å². The Morgan fingerprint density at radius 2 is 2.04 bits per heavy atom. The molecule has 3 amide bonds. The average Bonchev–Trinajstić information content (AvgIpc) is 3.01. The number of amides is 3. The van der Waals surface area contributed by atoms with E-state index in [1.165, 1.54) is 4.90 Å². The molecule has 1 saturated heterocycles. The molecule has 1 spiro atoms. The highest BCUT2D eigenvalue weighted by Gasteiger charge is 2.51. The molecule has 0 atom stereocenters. The van der Waals surface area contributed by atoms with Crippen molar-refractivity contribution in [3.63, 3.8) is 0 Å². The van der Waals surface area contributed by atoms with Gasteiger partial charge in [-0.3, -0.25) is 14.7 Å². The van der Waals surface area contributed by atoms with Gasteiger partial charge in [-0.25, -0.2) is 4.79 Å². The number of imide groups is 1. The predicted molar refractivity (Wildman–Crippen MR) is 101 cm³/mol. The van der Waals surface area contributed by atoms with Crippen LogP contribution < -0.4 is 16.4 Å². The first kappa shape index (κ1) is 20.0. The monoisotopic (exact) mass is 437 g/mol. The third kappa shape index (κ3) is 4.95. The van der Waals surface area contributed by atoms with Crippen molar-refractivity contribution in [2.24, 2.45) is 16.6 Å². The molecule has 8 heteroatoms. The molecule has 132 valence electrons. The SMILES string of the molecule is CC(C)CN=C(N)NCCCN1C(=O)NC2(CCCC2)C1=O.I. The maximum Gasteiger partial charge on any atom is 0.325 e. The minimum absolute atomic E-state index is 0. The van der Waals surface area contributed by atoms with Crippen molar-refractivity contribution in [3.05, 3.63) is 0 Å². The lowest BCUT2D eigenvalue weighted by Crippen LogP contribution is -2.44. The van der Waals surface area contributed by atoms with Gasteiger partial charge in [0.1, 0.15) is 5.54 Å². The Morgan fingerprint density at radius 3 is 2.65 bits per heavy atom. The molecule has 0 aromatic rings. The summed E-state index contributed by atoms with van der Waals surface area (Å²) in [5.74, 6) is 0.823. The zero-order valence-electron chi connectivity index (χ0n) is 13.9. The molecule has 1 aliphatic carbocycles. The zero-order chi connectivity index (χ0) is 16.2. The van der Waals surface area contributed by atoms with E-state index in [1.54, 1.807) is 0 Å². The van der Waals surface area contributed by atoms with Gasteiger partial charge in [0.2, 0.25) is 0 Å². The molecule has 0 aromatic carbocycles. The van der Waals surface area contributed by atoms with Gasteiger partial charge in [-0.1, -0.05) is 26.7 Å². The Morgan fingerprint density at radius 1 is 1.39 bits per heavy atom. The molecular formula is C15H28IN5O2. The van der Waals surface area contributed by atoms with Crippen LogP contribution in [0, 0.1) is 5.92 Å². The molecule has 2 fully saturated rings. The molecule has 1 aliphatic heterocycles. The lowest BCUT2D eigenvalue weighted by atomic mass is 9.98. The van der Waals surface area contributed by atoms with E-state index in [-0.39, 0.29) is 35.9 Å². The van der Waals surface area contributed by atoms with E-state index in [0.29, 0.717) is 37.9 Å². The molecule has 7 nitrogen and oxygen atoms in total. The van der Waals surface area contributed by atoms with Crippen LogP contribution in [0.1, 0.15) is 46.0 Å².